The molecule has 0 saturated heterocycles. The van der Waals surface area contributed by atoms with E-state index in [1.54, 1.807) is 0 Å². The Bertz CT molecular complexity index is 2560. The minimum Gasteiger partial charge on any atom is -0.436 e. The average molecular weight is 604 g/mol. The maximum absolute atomic E-state index is 6.09. The second-order valence-corrected chi connectivity index (χ2v) is 11.4. The van der Waals surface area contributed by atoms with Crippen LogP contribution in [0.5, 0.6) is 0 Å². The van der Waals surface area contributed by atoms with Crippen LogP contribution in [0.15, 0.2) is 156 Å². The van der Waals surface area contributed by atoms with Gasteiger partial charge in [0.2, 0.25) is 5.71 Å². The van der Waals surface area contributed by atoms with Crippen molar-refractivity contribution in [1.29, 1.82) is 0 Å². The molecular formula is C41H25N5O. The molecule has 3 aromatic heterocycles. The molecule has 0 aliphatic rings. The molecule has 0 unspecified atom stereocenters. The van der Waals surface area contributed by atoms with Gasteiger partial charge in [0.25, 0.3) is 0 Å². The Balaban J connectivity index is 1.14. The zero-order valence-corrected chi connectivity index (χ0v) is 25.1. The lowest BCUT2D eigenvalue weighted by atomic mass is 10.0. The molecule has 0 fully saturated rings. The molecule has 0 spiro atoms. The number of furan rings is 1. The minimum atomic E-state index is 0.535. The van der Waals surface area contributed by atoms with E-state index in [4.69, 9.17) is 29.3 Å². The van der Waals surface area contributed by atoms with Gasteiger partial charge in [-0.2, -0.15) is 0 Å². The highest BCUT2D eigenvalue weighted by molar-refractivity contribution is 6.05. The normalized spacial score (nSPS) is 11.4. The van der Waals surface area contributed by atoms with E-state index >= 15 is 0 Å². The highest BCUT2D eigenvalue weighted by Gasteiger charge is 2.15. The third-order valence-electron chi connectivity index (χ3n) is 8.35. The van der Waals surface area contributed by atoms with Gasteiger partial charge in [0.15, 0.2) is 17.5 Å². The zero-order valence-electron chi connectivity index (χ0n) is 25.1. The molecule has 9 rings (SSSR count). The molecule has 0 aliphatic carbocycles. The first kappa shape index (κ1) is 26.8. The number of hydrogen-bond acceptors (Lipinski definition) is 6. The van der Waals surface area contributed by atoms with Gasteiger partial charge in [0.1, 0.15) is 11.1 Å². The average Bonchev–Trinajstić information content (AvgIpc) is 3.51. The fourth-order valence-electron chi connectivity index (χ4n) is 5.95. The summed E-state index contributed by atoms with van der Waals surface area (Å²) in [5.74, 6) is 1.85. The number of para-hydroxylation sites is 2. The quantitative estimate of drug-likeness (QED) is 0.195. The van der Waals surface area contributed by atoms with Crippen molar-refractivity contribution < 1.29 is 4.42 Å². The van der Waals surface area contributed by atoms with E-state index in [9.17, 15) is 0 Å². The Morgan fingerprint density at radius 2 is 0.830 bits per heavy atom. The summed E-state index contributed by atoms with van der Waals surface area (Å²) in [6.07, 6.45) is 0. The van der Waals surface area contributed by atoms with Gasteiger partial charge in [-0.05, 0) is 52.6 Å². The molecule has 0 bridgehead atoms. The van der Waals surface area contributed by atoms with Gasteiger partial charge in [-0.3, -0.25) is 0 Å². The predicted octanol–water partition coefficient (Wildman–Crippen LogP) is 10.0. The Labute approximate surface area is 270 Å². The molecule has 3 heterocycles. The first-order valence-electron chi connectivity index (χ1n) is 15.4. The number of nitrogens with zero attached hydrogens (tertiary/aromatic N) is 5. The standard InChI is InChI=1S/C41H25N5O/c1-3-10-26(11-4-1)27-18-20-29(21-19-27)39-44-38(28-12-5-2-6-13-28)45-40(46-39)32-15-9-14-30(24-32)31-22-23-36-33(25-31)37-41(47-36)43-35-17-8-7-16-34(35)42-37/h1-25H. The van der Waals surface area contributed by atoms with Crippen molar-refractivity contribution >= 4 is 33.2 Å². The zero-order chi connectivity index (χ0) is 31.2. The van der Waals surface area contributed by atoms with Crippen molar-refractivity contribution in [3.05, 3.63) is 152 Å². The summed E-state index contributed by atoms with van der Waals surface area (Å²) < 4.78 is 6.09. The fraction of sp³-hybridized carbons (Fsp3) is 0. The molecule has 0 amide bonds. The van der Waals surface area contributed by atoms with E-state index in [1.165, 1.54) is 5.56 Å². The van der Waals surface area contributed by atoms with Crippen LogP contribution in [0.25, 0.3) is 89.7 Å². The first-order chi connectivity index (χ1) is 23.2. The molecular weight excluding hydrogens is 578 g/mol. The summed E-state index contributed by atoms with van der Waals surface area (Å²) in [6.45, 7) is 0. The van der Waals surface area contributed by atoms with Gasteiger partial charge < -0.3 is 4.42 Å². The second-order valence-electron chi connectivity index (χ2n) is 11.4. The molecule has 0 N–H and O–H groups in total. The Kier molecular flexibility index (Phi) is 6.35. The number of rotatable bonds is 5. The van der Waals surface area contributed by atoms with E-state index in [2.05, 4.69) is 60.7 Å². The van der Waals surface area contributed by atoms with Crippen LogP contribution in [-0.2, 0) is 0 Å². The third-order valence-corrected chi connectivity index (χ3v) is 8.35. The van der Waals surface area contributed by atoms with E-state index in [-0.39, 0.29) is 0 Å². The van der Waals surface area contributed by atoms with Crippen molar-refractivity contribution in [2.75, 3.05) is 0 Å². The number of fused-ring (bicyclic) bond motifs is 4. The van der Waals surface area contributed by atoms with Crippen LogP contribution in [-0.4, -0.2) is 24.9 Å². The van der Waals surface area contributed by atoms with Crippen molar-refractivity contribution in [3.8, 4) is 56.4 Å². The van der Waals surface area contributed by atoms with Crippen molar-refractivity contribution in [3.63, 3.8) is 0 Å². The van der Waals surface area contributed by atoms with Crippen LogP contribution in [0.4, 0.5) is 0 Å². The summed E-state index contributed by atoms with van der Waals surface area (Å²) in [4.78, 5) is 24.5. The summed E-state index contributed by atoms with van der Waals surface area (Å²) in [5, 5.41) is 0.925. The molecule has 47 heavy (non-hydrogen) atoms. The lowest BCUT2D eigenvalue weighted by Gasteiger charge is -2.10. The molecule has 9 aromatic rings. The first-order valence-corrected chi connectivity index (χ1v) is 15.4. The van der Waals surface area contributed by atoms with Crippen LogP contribution in [0.2, 0.25) is 0 Å². The predicted molar refractivity (Wildman–Crippen MR) is 187 cm³/mol. The molecule has 0 radical (unpaired) electrons. The van der Waals surface area contributed by atoms with Gasteiger partial charge in [-0.25, -0.2) is 24.9 Å². The van der Waals surface area contributed by atoms with Crippen molar-refractivity contribution in [1.82, 2.24) is 24.9 Å². The maximum atomic E-state index is 6.09. The summed E-state index contributed by atoms with van der Waals surface area (Å²) in [5.41, 5.74) is 10.8. The van der Waals surface area contributed by atoms with Gasteiger partial charge >= 0.3 is 0 Å². The summed E-state index contributed by atoms with van der Waals surface area (Å²) in [6, 6.07) is 51.0. The highest BCUT2D eigenvalue weighted by atomic mass is 16.3. The molecule has 0 atom stereocenters. The monoisotopic (exact) mass is 603 g/mol. The van der Waals surface area contributed by atoms with Crippen molar-refractivity contribution in [2.45, 2.75) is 0 Å². The summed E-state index contributed by atoms with van der Waals surface area (Å²) in [7, 11) is 0. The van der Waals surface area contributed by atoms with Gasteiger partial charge in [0.05, 0.1) is 11.0 Å². The summed E-state index contributed by atoms with van der Waals surface area (Å²) >= 11 is 0. The third kappa shape index (κ3) is 4.98. The minimum absolute atomic E-state index is 0.535. The van der Waals surface area contributed by atoms with Gasteiger partial charge in [0, 0.05) is 22.1 Å². The Morgan fingerprint density at radius 3 is 1.55 bits per heavy atom. The smallest absolute Gasteiger partial charge is 0.246 e. The number of hydrogen-bond donors (Lipinski definition) is 0. The van der Waals surface area contributed by atoms with E-state index in [1.807, 2.05) is 91.0 Å². The molecule has 220 valence electrons. The fourth-order valence-corrected chi connectivity index (χ4v) is 5.95. The van der Waals surface area contributed by atoms with E-state index in [0.717, 1.165) is 60.9 Å². The van der Waals surface area contributed by atoms with E-state index < -0.39 is 0 Å². The SMILES string of the molecule is c1ccc(-c2ccc(-c3nc(-c4ccccc4)nc(-c4cccc(-c5ccc6oc7nc8ccccc8nc7c6c5)c4)n3)cc2)cc1. The van der Waals surface area contributed by atoms with Gasteiger partial charge in [-0.15, -0.1) is 0 Å². The van der Waals surface area contributed by atoms with Gasteiger partial charge in [-0.1, -0.05) is 121 Å². The molecule has 6 aromatic carbocycles. The van der Waals surface area contributed by atoms with Crippen LogP contribution < -0.4 is 0 Å². The van der Waals surface area contributed by atoms with E-state index in [0.29, 0.717) is 23.2 Å². The largest absolute Gasteiger partial charge is 0.436 e. The van der Waals surface area contributed by atoms with Crippen LogP contribution in [0.3, 0.4) is 0 Å². The highest BCUT2D eigenvalue weighted by Crippen LogP contribution is 2.34. The second kappa shape index (κ2) is 11.1. The van der Waals surface area contributed by atoms with Crippen LogP contribution in [0.1, 0.15) is 0 Å². The molecule has 0 saturated carbocycles. The number of aromatic nitrogens is 5. The topological polar surface area (TPSA) is 77.6 Å². The molecule has 0 aliphatic heterocycles. The van der Waals surface area contributed by atoms with Crippen LogP contribution in [0, 0.1) is 0 Å². The Morgan fingerprint density at radius 1 is 0.340 bits per heavy atom. The molecule has 6 nitrogen and oxygen atoms in total. The van der Waals surface area contributed by atoms with Crippen molar-refractivity contribution in [2.24, 2.45) is 0 Å². The lowest BCUT2D eigenvalue weighted by molar-refractivity contribution is 0.655. The van der Waals surface area contributed by atoms with Crippen LogP contribution >= 0.6 is 0 Å². The Hall–Kier alpha value is -6.53. The number of benzene rings is 6. The maximum Gasteiger partial charge on any atom is 0.246 e. The lowest BCUT2D eigenvalue weighted by Crippen LogP contribution is -2.00. The molecule has 6 heteroatoms.